The van der Waals surface area contributed by atoms with Crippen molar-refractivity contribution >= 4 is 17.3 Å². The van der Waals surface area contributed by atoms with E-state index in [1.807, 2.05) is 23.1 Å². The minimum Gasteiger partial charge on any atom is -0.496 e. The Morgan fingerprint density at radius 2 is 1.97 bits per heavy atom. The molecule has 156 valence electrons. The van der Waals surface area contributed by atoms with Gasteiger partial charge in [0.15, 0.2) is 5.82 Å². The highest BCUT2D eigenvalue weighted by atomic mass is 35.5. The van der Waals surface area contributed by atoms with Crippen LogP contribution in [-0.2, 0) is 19.1 Å². The number of alkyl halides is 3. The van der Waals surface area contributed by atoms with Gasteiger partial charge in [-0.3, -0.25) is 4.79 Å². The van der Waals surface area contributed by atoms with Crippen LogP contribution in [0.2, 0.25) is 5.02 Å². The summed E-state index contributed by atoms with van der Waals surface area (Å²) in [6.07, 6.45) is -1.73. The summed E-state index contributed by atoms with van der Waals surface area (Å²) in [6, 6.07) is 7.71. The highest BCUT2D eigenvalue weighted by molar-refractivity contribution is 6.33. The summed E-state index contributed by atoms with van der Waals surface area (Å²) in [6.45, 7) is 1.13. The number of anilines is 1. The van der Waals surface area contributed by atoms with Crippen LogP contribution < -0.4 is 15.2 Å². The molecule has 6 nitrogen and oxygen atoms in total. The Morgan fingerprint density at radius 1 is 1.17 bits per heavy atom. The molecule has 0 saturated carbocycles. The van der Waals surface area contributed by atoms with E-state index in [-0.39, 0.29) is 10.8 Å². The smallest absolute Gasteiger partial charge is 0.417 e. The maximum absolute atomic E-state index is 12.7. The van der Waals surface area contributed by atoms with Crippen LogP contribution >= 0.6 is 11.6 Å². The Morgan fingerprint density at radius 3 is 2.63 bits per heavy atom. The largest absolute Gasteiger partial charge is 0.496 e. The molecule has 1 aliphatic heterocycles. The number of benzene rings is 1. The van der Waals surface area contributed by atoms with Crippen molar-refractivity contribution in [2.24, 2.45) is 0 Å². The maximum atomic E-state index is 12.7. The molecule has 0 radical (unpaired) electrons. The van der Waals surface area contributed by atoms with Gasteiger partial charge in [0.1, 0.15) is 10.8 Å². The lowest BCUT2D eigenvalue weighted by atomic mass is 9.98. The molecule has 0 saturated heterocycles. The zero-order valence-corrected chi connectivity index (χ0v) is 16.5. The average molecular weight is 437 g/mol. The molecule has 0 amide bonds. The van der Waals surface area contributed by atoms with Gasteiger partial charge in [0, 0.05) is 24.8 Å². The monoisotopic (exact) mass is 436 g/mol. The molecule has 0 spiro atoms. The van der Waals surface area contributed by atoms with E-state index in [1.54, 1.807) is 7.11 Å². The van der Waals surface area contributed by atoms with E-state index in [2.05, 4.69) is 10.1 Å². The molecule has 3 aromatic rings. The van der Waals surface area contributed by atoms with Gasteiger partial charge < -0.3 is 9.64 Å². The van der Waals surface area contributed by atoms with Crippen LogP contribution in [-0.4, -0.2) is 28.4 Å². The minimum absolute atomic E-state index is 0.0461. The van der Waals surface area contributed by atoms with Gasteiger partial charge in [-0.15, -0.1) is 0 Å². The number of halogens is 4. The van der Waals surface area contributed by atoms with Gasteiger partial charge in [-0.25, -0.2) is 4.98 Å². The fraction of sp³-hybridized carbons (Fsp3) is 0.250. The molecule has 0 atom stereocenters. The topological polar surface area (TPSA) is 60.2 Å². The summed E-state index contributed by atoms with van der Waals surface area (Å²) in [5.74, 6) is 0.773. The molecule has 1 aliphatic rings. The summed E-state index contributed by atoms with van der Waals surface area (Å²) >= 11 is 6.32. The Hall–Kier alpha value is -3.07. The van der Waals surface area contributed by atoms with Crippen molar-refractivity contribution in [1.29, 1.82) is 0 Å². The Bertz CT molecular complexity index is 1150. The quantitative estimate of drug-likeness (QED) is 0.623. The van der Waals surface area contributed by atoms with Crippen LogP contribution in [0.1, 0.15) is 16.7 Å². The predicted molar refractivity (Wildman–Crippen MR) is 105 cm³/mol. The van der Waals surface area contributed by atoms with E-state index in [9.17, 15) is 18.0 Å². The first-order valence-electron chi connectivity index (χ1n) is 9.00. The third-order valence-electron chi connectivity index (χ3n) is 4.98. The van der Waals surface area contributed by atoms with Gasteiger partial charge in [-0.05, 0) is 30.2 Å². The highest BCUT2D eigenvalue weighted by Crippen LogP contribution is 2.32. The van der Waals surface area contributed by atoms with Crippen molar-refractivity contribution in [3.63, 3.8) is 0 Å². The number of nitrogens with zero attached hydrogens (tertiary/aromatic N) is 4. The Balaban J connectivity index is 1.65. The van der Waals surface area contributed by atoms with Crippen LogP contribution in [0, 0.1) is 0 Å². The second-order valence-corrected chi connectivity index (χ2v) is 7.11. The van der Waals surface area contributed by atoms with Gasteiger partial charge in [0.25, 0.3) is 5.56 Å². The molecular formula is C20H16ClF3N4O2. The molecular weight excluding hydrogens is 421 g/mol. The molecule has 1 aromatic carbocycles. The molecule has 10 heteroatoms. The van der Waals surface area contributed by atoms with Crippen molar-refractivity contribution in [1.82, 2.24) is 14.8 Å². The molecule has 4 rings (SSSR count). The number of ether oxygens (including phenoxy) is 1. The summed E-state index contributed by atoms with van der Waals surface area (Å²) < 4.78 is 44.4. The molecule has 30 heavy (non-hydrogen) atoms. The number of hydrogen-bond acceptors (Lipinski definition) is 5. The minimum atomic E-state index is -4.52. The summed E-state index contributed by atoms with van der Waals surface area (Å²) in [4.78, 5) is 18.4. The third-order valence-corrected chi connectivity index (χ3v) is 5.33. The van der Waals surface area contributed by atoms with E-state index < -0.39 is 17.3 Å². The molecule has 0 N–H and O–H groups in total. The normalized spacial score (nSPS) is 13.8. The van der Waals surface area contributed by atoms with Gasteiger partial charge >= 0.3 is 6.18 Å². The number of fused-ring (bicyclic) bond motifs is 1. The average Bonchev–Trinajstić information content (AvgIpc) is 2.74. The molecule has 0 aliphatic carbocycles. The first-order valence-corrected chi connectivity index (χ1v) is 9.38. The highest BCUT2D eigenvalue weighted by Gasteiger charge is 2.31. The lowest BCUT2D eigenvalue weighted by Gasteiger charge is -2.31. The molecule has 0 fully saturated rings. The van der Waals surface area contributed by atoms with Crippen molar-refractivity contribution < 1.29 is 17.9 Å². The Labute approximate surface area is 174 Å². The predicted octanol–water partition coefficient (Wildman–Crippen LogP) is 3.87. The maximum Gasteiger partial charge on any atom is 0.417 e. The van der Waals surface area contributed by atoms with Crippen molar-refractivity contribution in [2.75, 3.05) is 18.6 Å². The van der Waals surface area contributed by atoms with Crippen LogP contribution in [0.5, 0.6) is 5.75 Å². The van der Waals surface area contributed by atoms with Gasteiger partial charge in [-0.1, -0.05) is 23.7 Å². The summed E-state index contributed by atoms with van der Waals surface area (Å²) in [5, 5.41) is 4.00. The van der Waals surface area contributed by atoms with Crippen LogP contribution in [0.4, 0.5) is 18.9 Å². The van der Waals surface area contributed by atoms with Gasteiger partial charge in [0.2, 0.25) is 0 Å². The number of aromatic nitrogens is 3. The first-order chi connectivity index (χ1) is 14.3. The second kappa shape index (κ2) is 7.64. The molecule has 0 unspecified atom stereocenters. The van der Waals surface area contributed by atoms with E-state index >= 15 is 0 Å². The SMILES string of the molecule is COc1cccc2c1CCN(c1cnn(-c3ccc(C(F)(F)F)cn3)c(=O)c1Cl)C2. The molecule has 2 aromatic heterocycles. The number of methoxy groups -OCH3 is 1. The lowest BCUT2D eigenvalue weighted by molar-refractivity contribution is -0.137. The number of rotatable bonds is 3. The van der Waals surface area contributed by atoms with Crippen LogP contribution in [0.15, 0.2) is 47.5 Å². The van der Waals surface area contributed by atoms with Gasteiger partial charge in [0.05, 0.1) is 24.6 Å². The molecule has 3 heterocycles. The van der Waals surface area contributed by atoms with E-state index in [0.29, 0.717) is 31.4 Å². The fourth-order valence-corrected chi connectivity index (χ4v) is 3.71. The number of pyridine rings is 1. The fourth-order valence-electron chi connectivity index (χ4n) is 3.46. The third kappa shape index (κ3) is 3.60. The van der Waals surface area contributed by atoms with E-state index in [4.69, 9.17) is 16.3 Å². The second-order valence-electron chi connectivity index (χ2n) is 6.73. The van der Waals surface area contributed by atoms with Crippen LogP contribution in [0.3, 0.4) is 0 Å². The van der Waals surface area contributed by atoms with Gasteiger partial charge in [-0.2, -0.15) is 23.0 Å². The van der Waals surface area contributed by atoms with E-state index in [0.717, 1.165) is 33.7 Å². The lowest BCUT2D eigenvalue weighted by Crippen LogP contribution is -2.33. The summed E-state index contributed by atoms with van der Waals surface area (Å²) in [5.41, 5.74) is 1.06. The van der Waals surface area contributed by atoms with E-state index in [1.165, 1.54) is 6.20 Å². The standard InChI is InChI=1S/C20H16ClF3N4O2/c1-30-16-4-2-3-12-11-27(8-7-14(12)16)15-10-26-28(19(29)18(15)21)17-6-5-13(9-25-17)20(22,23)24/h2-6,9-10H,7-8,11H2,1H3. The van der Waals surface area contributed by atoms with Crippen molar-refractivity contribution in [3.05, 3.63) is 74.8 Å². The zero-order valence-electron chi connectivity index (χ0n) is 15.8. The van der Waals surface area contributed by atoms with Crippen molar-refractivity contribution in [3.8, 4) is 11.6 Å². The summed E-state index contributed by atoms with van der Waals surface area (Å²) in [7, 11) is 1.62. The zero-order chi connectivity index (χ0) is 21.5. The van der Waals surface area contributed by atoms with Crippen LogP contribution in [0.25, 0.3) is 5.82 Å². The number of hydrogen-bond donors (Lipinski definition) is 0. The Kier molecular flexibility index (Phi) is 5.15. The first kappa shape index (κ1) is 20.2. The molecule has 0 bridgehead atoms. The van der Waals surface area contributed by atoms with Crippen molar-refractivity contribution in [2.45, 2.75) is 19.1 Å².